The van der Waals surface area contributed by atoms with Crippen molar-refractivity contribution >= 4 is 80.0 Å². The Kier molecular flexibility index (Phi) is 30.8. The average molecular weight is 1530 g/mol. The summed E-state index contributed by atoms with van der Waals surface area (Å²) in [6, 6.07) is 39.6. The number of Topliss-reactive ketones (excluding diaryl/α,β-unsaturated/α-hetero) is 1. The molecule has 14 rings (SSSR count). The number of amides is 3. The molecule has 4 aliphatic heterocycles. The van der Waals surface area contributed by atoms with Crippen LogP contribution >= 0.6 is 0 Å². The van der Waals surface area contributed by atoms with E-state index in [1.54, 1.807) is 28.9 Å². The lowest BCUT2D eigenvalue weighted by molar-refractivity contribution is -0.137. The Bertz CT molecular complexity index is 4570. The van der Waals surface area contributed by atoms with Crippen LogP contribution in [0.5, 0.6) is 11.5 Å². The number of carboxylic acids is 2. The smallest absolute Gasteiger partial charge is 0.335 e. The maximum Gasteiger partial charge on any atom is 0.335 e. The number of nitrogens with two attached hydrogens (primary N) is 1. The summed E-state index contributed by atoms with van der Waals surface area (Å²) < 4.78 is 43.5. The zero-order chi connectivity index (χ0) is 78.9. The molecule has 112 heavy (non-hydrogen) atoms. The highest BCUT2D eigenvalue weighted by Crippen LogP contribution is 2.47. The Morgan fingerprint density at radius 1 is 0.571 bits per heavy atom. The molecule has 0 atom stereocenters. The Morgan fingerprint density at radius 3 is 1.43 bits per heavy atom. The van der Waals surface area contributed by atoms with Crippen LogP contribution in [-0.4, -0.2) is 141 Å². The van der Waals surface area contributed by atoms with Gasteiger partial charge >= 0.3 is 11.9 Å². The van der Waals surface area contributed by atoms with Gasteiger partial charge in [-0.2, -0.15) is 0 Å². The van der Waals surface area contributed by atoms with Gasteiger partial charge in [0.2, 0.25) is 17.7 Å². The summed E-state index contributed by atoms with van der Waals surface area (Å²) in [6.45, 7) is 20.2. The number of unbranched alkanes of at least 4 members (excludes halogenated alkanes) is 1. The number of ether oxygens (including phenoxy) is 4. The number of aliphatic carboxylic acids is 1. The Labute approximate surface area is 660 Å². The number of allylic oxidation sites excluding steroid dienone is 1. The van der Waals surface area contributed by atoms with Crippen LogP contribution in [0.3, 0.4) is 0 Å². The van der Waals surface area contributed by atoms with Gasteiger partial charge in [-0.1, -0.05) is 82.4 Å². The summed E-state index contributed by atoms with van der Waals surface area (Å²) in [5.41, 5.74) is 19.5. The van der Waals surface area contributed by atoms with Crippen molar-refractivity contribution in [1.29, 1.82) is 0 Å². The lowest BCUT2D eigenvalue weighted by Crippen LogP contribution is -2.37. The topological polar surface area (TPSA) is 241 Å². The molecule has 6 heterocycles. The number of ketones is 1. The molecule has 0 unspecified atom stereocenters. The number of fused-ring (bicyclic) bond motifs is 2. The minimum Gasteiger partial charge on any atom is -0.489 e. The molecule has 4 saturated heterocycles. The van der Waals surface area contributed by atoms with Crippen LogP contribution in [0.25, 0.3) is 44.3 Å². The fraction of sp³-hybridized carbons (Fsp3) is 0.429. The van der Waals surface area contributed by atoms with Gasteiger partial charge in [0, 0.05) is 121 Å². The number of aromatic nitrogens is 2. The molecule has 2 aromatic heterocycles. The van der Waals surface area contributed by atoms with Gasteiger partial charge < -0.3 is 68.9 Å². The first kappa shape index (κ1) is 82.6. The number of rotatable bonds is 29. The van der Waals surface area contributed by atoms with Crippen LogP contribution in [0.1, 0.15) is 186 Å². The van der Waals surface area contributed by atoms with E-state index < -0.39 is 19.1 Å². The minimum absolute atomic E-state index is 0. The SMILES string of the molecule is C.C=CCCCC(=O)c1ccc2c(C3CCCCC3)c(-c3ccc(OCc4cc(N5CCCC5=O)ccc4N4CCOCC4)cc3)n(CC(=O)NCCC=C)c2c1.C=CCCN.O=C(O)Cn1c(-c2ccc(OCc3cc(N4CCCC4=O)ccc3N3CCOCC3)cc2)c(C2CCCCC2)c2ccc(C(=O)O)cc21.[2H]CF. The first-order valence-corrected chi connectivity index (χ1v) is 39.6. The Morgan fingerprint density at radius 2 is 1.02 bits per heavy atom. The number of carbonyl (C=O) groups excluding carboxylic acids is 4. The van der Waals surface area contributed by atoms with E-state index >= 15 is 0 Å². The summed E-state index contributed by atoms with van der Waals surface area (Å²) in [5, 5.41) is 24.8. The number of morpholine rings is 2. The highest BCUT2D eigenvalue weighted by atomic mass is 19.1. The van der Waals surface area contributed by atoms with Gasteiger partial charge in [-0.15, -0.1) is 19.7 Å². The van der Waals surface area contributed by atoms with Crippen molar-refractivity contribution in [1.82, 2.24) is 14.5 Å². The van der Waals surface area contributed by atoms with Gasteiger partial charge in [-0.05, 0) is 208 Å². The number of hydrogen-bond acceptors (Lipinski definition) is 13. The third kappa shape index (κ3) is 20.9. The molecular weight excluding hydrogens is 1420 g/mol. The first-order chi connectivity index (χ1) is 54.6. The molecule has 6 aromatic carbocycles. The van der Waals surface area contributed by atoms with Crippen molar-refractivity contribution in [2.24, 2.45) is 5.73 Å². The van der Waals surface area contributed by atoms with Crippen LogP contribution < -0.4 is 40.1 Å². The van der Waals surface area contributed by atoms with Crippen LogP contribution in [0, 0.1) is 0 Å². The number of halogens is 1. The van der Waals surface area contributed by atoms with E-state index in [4.69, 9.17) is 26.1 Å². The fourth-order valence-corrected chi connectivity index (χ4v) is 16.5. The van der Waals surface area contributed by atoms with Crippen molar-refractivity contribution in [3.8, 4) is 34.0 Å². The summed E-state index contributed by atoms with van der Waals surface area (Å²) >= 11 is 0. The summed E-state index contributed by atoms with van der Waals surface area (Å²) in [6.07, 6.45) is 23.2. The number of carbonyl (C=O) groups is 6. The van der Waals surface area contributed by atoms with E-state index in [2.05, 4.69) is 88.0 Å². The van der Waals surface area contributed by atoms with Gasteiger partial charge in [-0.3, -0.25) is 28.4 Å². The number of hydrogen-bond donors (Lipinski definition) is 4. The van der Waals surface area contributed by atoms with Gasteiger partial charge in [0.15, 0.2) is 5.78 Å². The monoisotopic (exact) mass is 1530 g/mol. The van der Waals surface area contributed by atoms with E-state index in [-0.39, 0.29) is 55.5 Å². The maximum atomic E-state index is 13.5. The van der Waals surface area contributed by atoms with Crippen LogP contribution in [-0.2, 0) is 55.0 Å². The van der Waals surface area contributed by atoms with E-state index in [9.17, 15) is 43.4 Å². The number of carboxylic acid groups (broad SMARTS) is 2. The zero-order valence-electron chi connectivity index (χ0n) is 65.1. The highest BCUT2D eigenvalue weighted by molar-refractivity contribution is 6.03. The number of nitrogens with one attached hydrogen (secondary N) is 1. The van der Waals surface area contributed by atoms with E-state index in [1.807, 2.05) is 76.5 Å². The average Bonchev–Trinajstić information content (AvgIpc) is 1.59. The molecule has 2 aliphatic carbocycles. The van der Waals surface area contributed by atoms with Crippen LogP contribution in [0.2, 0.25) is 0 Å². The second kappa shape index (κ2) is 41.8. The molecule has 20 nitrogen and oxygen atoms in total. The lowest BCUT2D eigenvalue weighted by Gasteiger charge is -2.31. The van der Waals surface area contributed by atoms with E-state index in [0.717, 1.165) is 200 Å². The van der Waals surface area contributed by atoms with E-state index in [1.165, 1.54) is 31.2 Å². The van der Waals surface area contributed by atoms with Crippen molar-refractivity contribution in [2.45, 2.75) is 168 Å². The number of benzene rings is 6. The molecule has 6 aliphatic rings. The number of nitrogens with zero attached hydrogens (tertiary/aromatic N) is 6. The molecule has 5 N–H and O–H groups in total. The fourth-order valence-electron chi connectivity index (χ4n) is 16.5. The molecule has 0 bridgehead atoms. The van der Waals surface area contributed by atoms with Crippen molar-refractivity contribution < 1.29 is 63.7 Å². The third-order valence-electron chi connectivity index (χ3n) is 21.9. The van der Waals surface area contributed by atoms with Gasteiger partial charge in [0.25, 0.3) is 0 Å². The molecular formula is C91H113FN8O12. The second-order valence-electron chi connectivity index (χ2n) is 29.2. The predicted octanol–water partition coefficient (Wildman–Crippen LogP) is 17.6. The van der Waals surface area contributed by atoms with Crippen LogP contribution in [0.15, 0.2) is 159 Å². The molecule has 8 aromatic rings. The lowest BCUT2D eigenvalue weighted by atomic mass is 9.81. The Balaban J connectivity index is 0.000000219. The second-order valence-corrected chi connectivity index (χ2v) is 29.2. The Hall–Kier alpha value is -10.4. The molecule has 0 spiro atoms. The van der Waals surface area contributed by atoms with Gasteiger partial charge in [0.1, 0.15) is 37.8 Å². The number of alkyl halides is 1. The first-order valence-electron chi connectivity index (χ1n) is 40.3. The zero-order valence-corrected chi connectivity index (χ0v) is 64.1. The summed E-state index contributed by atoms with van der Waals surface area (Å²) in [5.74, 6) is 0.320. The maximum absolute atomic E-state index is 13.5. The van der Waals surface area contributed by atoms with Gasteiger partial charge in [-0.25, -0.2) is 4.79 Å². The largest absolute Gasteiger partial charge is 0.489 e. The normalized spacial score (nSPS) is 16.1. The number of anilines is 4. The summed E-state index contributed by atoms with van der Waals surface area (Å²) in [7, 11) is -1.00. The number of aromatic carboxylic acids is 1. The molecule has 3 amide bonds. The quantitative estimate of drug-likeness (QED) is 0.0194. The third-order valence-corrected chi connectivity index (χ3v) is 21.9. The van der Waals surface area contributed by atoms with Gasteiger partial charge in [0.05, 0.1) is 57.4 Å². The molecule has 6 fully saturated rings. The highest BCUT2D eigenvalue weighted by Gasteiger charge is 2.32. The molecule has 2 saturated carbocycles. The van der Waals surface area contributed by atoms with E-state index in [0.29, 0.717) is 94.6 Å². The van der Waals surface area contributed by atoms with Crippen molar-refractivity contribution in [3.63, 3.8) is 0 Å². The summed E-state index contributed by atoms with van der Waals surface area (Å²) in [4.78, 5) is 84.5. The molecule has 21 heteroatoms. The van der Waals surface area contributed by atoms with Crippen LogP contribution in [0.4, 0.5) is 27.1 Å². The predicted molar refractivity (Wildman–Crippen MR) is 446 cm³/mol. The standard InChI is InChI=1S/C47H56N4O5.C38H41N3O7.C4H9N.CH3F.CH4/c1-3-5-8-14-43(52)36-18-22-40-42(31-36)51(32-44(53)48-24-6-4-2)47(46(40)34-12-9-7-10-13-34)35-16-20-39(21-17-35)56-33-37-30-38(50-25-11-15-45(50)54)19-23-41(37)49-26-28-55-29-27-49;42-34-7-4-16-40(34)29-11-15-32(39-17-19-47-20-18-39)28(21-29)24-48-30-12-8-26(9-13-30)37-36(25-5-2-1-3-6-25)31-14-10-27(38(45)46)22-33(31)41(37)23-35(43)44;1-2-3-4-5;1-2;/h3-4,16-23,30-31,34H,1-2,5-15,24-29,32-33H2,(H,48,53);8-15,21-22,25H,1-7,16-20,23-24H2,(H,43,44)(H,45,46);2H,1,3-5H2;1H3;1H4/i;;;1D;. The molecule has 0 radical (unpaired) electrons. The molecule has 596 valence electrons. The van der Waals surface area contributed by atoms with Crippen molar-refractivity contribution in [3.05, 3.63) is 193 Å². The minimum atomic E-state index is -1.04. The van der Waals surface area contributed by atoms with Crippen molar-refractivity contribution in [2.75, 3.05) is 106 Å².